The molecule has 118 valence electrons. The van der Waals surface area contributed by atoms with E-state index in [1.54, 1.807) is 18.2 Å². The van der Waals surface area contributed by atoms with Crippen LogP contribution in [0.2, 0.25) is 10.0 Å². The van der Waals surface area contributed by atoms with Crippen molar-refractivity contribution in [1.29, 1.82) is 0 Å². The van der Waals surface area contributed by atoms with Gasteiger partial charge in [-0.2, -0.15) is 0 Å². The number of amides is 1. The maximum absolute atomic E-state index is 12.1. The van der Waals surface area contributed by atoms with E-state index in [-0.39, 0.29) is 5.91 Å². The van der Waals surface area contributed by atoms with E-state index < -0.39 is 0 Å². The average molecular weight is 366 g/mol. The molecule has 0 spiro atoms. The molecule has 23 heavy (non-hydrogen) atoms. The second-order valence-corrected chi connectivity index (χ2v) is 6.88. The Morgan fingerprint density at radius 1 is 1.22 bits per heavy atom. The molecule has 0 aliphatic carbocycles. The van der Waals surface area contributed by atoms with E-state index in [4.69, 9.17) is 23.2 Å². The maximum Gasteiger partial charge on any atom is 0.264 e. The molecule has 1 fully saturated rings. The van der Waals surface area contributed by atoms with E-state index in [0.717, 1.165) is 11.4 Å². The molecule has 7 heteroatoms. The SMILES string of the molecule is Cc1ccc(/C=C2\SC(=Nc3ccc(Cl)c(Cl)c3)NC2=O)n1C. The van der Waals surface area contributed by atoms with E-state index in [2.05, 4.69) is 10.3 Å². The molecule has 0 saturated carbocycles. The van der Waals surface area contributed by atoms with Crippen molar-refractivity contribution in [3.05, 3.63) is 56.7 Å². The first-order valence-electron chi connectivity index (χ1n) is 6.81. The van der Waals surface area contributed by atoms with Crippen molar-refractivity contribution in [3.63, 3.8) is 0 Å². The third-order valence-corrected chi connectivity index (χ3v) is 5.12. The van der Waals surface area contributed by atoms with Gasteiger partial charge in [-0.1, -0.05) is 23.2 Å². The summed E-state index contributed by atoms with van der Waals surface area (Å²) >= 11 is 13.2. The molecule has 2 aromatic rings. The molecule has 3 rings (SSSR count). The highest BCUT2D eigenvalue weighted by molar-refractivity contribution is 8.18. The minimum atomic E-state index is -0.160. The van der Waals surface area contributed by atoms with Crippen LogP contribution >= 0.6 is 35.0 Å². The number of carbonyl (C=O) groups excluding carboxylic acids is 1. The number of aromatic nitrogens is 1. The van der Waals surface area contributed by atoms with Crippen LogP contribution in [0.1, 0.15) is 11.4 Å². The van der Waals surface area contributed by atoms with Crippen LogP contribution < -0.4 is 5.32 Å². The largest absolute Gasteiger partial charge is 0.348 e. The molecule has 1 aliphatic rings. The first kappa shape index (κ1) is 16.2. The molecule has 1 aliphatic heterocycles. The summed E-state index contributed by atoms with van der Waals surface area (Å²) in [4.78, 5) is 17.1. The number of carbonyl (C=O) groups is 1. The van der Waals surface area contributed by atoms with Gasteiger partial charge in [0.1, 0.15) is 0 Å². The summed E-state index contributed by atoms with van der Waals surface area (Å²) in [7, 11) is 1.96. The Labute approximate surface area is 148 Å². The van der Waals surface area contributed by atoms with Gasteiger partial charge in [0.05, 0.1) is 20.6 Å². The van der Waals surface area contributed by atoms with Crippen molar-refractivity contribution in [2.45, 2.75) is 6.92 Å². The van der Waals surface area contributed by atoms with Crippen LogP contribution in [-0.4, -0.2) is 15.6 Å². The van der Waals surface area contributed by atoms with E-state index in [1.165, 1.54) is 11.8 Å². The normalized spacial score (nSPS) is 18.0. The number of amidine groups is 1. The third kappa shape index (κ3) is 3.47. The fourth-order valence-electron chi connectivity index (χ4n) is 2.06. The summed E-state index contributed by atoms with van der Waals surface area (Å²) < 4.78 is 2.02. The number of nitrogens with zero attached hydrogens (tertiary/aromatic N) is 2. The van der Waals surface area contributed by atoms with Crippen molar-refractivity contribution in [2.24, 2.45) is 12.0 Å². The predicted molar refractivity (Wildman–Crippen MR) is 97.4 cm³/mol. The van der Waals surface area contributed by atoms with E-state index in [0.29, 0.717) is 25.8 Å². The number of aliphatic imine (C=N–C) groups is 1. The molecule has 1 amide bonds. The molecule has 1 aromatic heterocycles. The Kier molecular flexibility index (Phi) is 4.53. The van der Waals surface area contributed by atoms with Crippen molar-refractivity contribution in [2.75, 3.05) is 0 Å². The molecule has 0 atom stereocenters. The lowest BCUT2D eigenvalue weighted by Crippen LogP contribution is -2.19. The molecular weight excluding hydrogens is 353 g/mol. The Balaban J connectivity index is 1.86. The highest BCUT2D eigenvalue weighted by atomic mass is 35.5. The van der Waals surface area contributed by atoms with E-state index in [9.17, 15) is 4.79 Å². The number of hydrogen-bond acceptors (Lipinski definition) is 3. The Morgan fingerprint density at radius 3 is 2.65 bits per heavy atom. The molecule has 0 unspecified atom stereocenters. The number of hydrogen-bond donors (Lipinski definition) is 1. The summed E-state index contributed by atoms with van der Waals surface area (Å²) in [6.07, 6.45) is 1.85. The molecule has 0 radical (unpaired) electrons. The zero-order chi connectivity index (χ0) is 16.6. The Hall–Kier alpha value is -1.69. The second kappa shape index (κ2) is 6.43. The quantitative estimate of drug-likeness (QED) is 0.794. The fourth-order valence-corrected chi connectivity index (χ4v) is 3.18. The molecule has 0 bridgehead atoms. The van der Waals surface area contributed by atoms with Gasteiger partial charge in [0.15, 0.2) is 5.17 Å². The second-order valence-electron chi connectivity index (χ2n) is 5.04. The number of rotatable bonds is 2. The van der Waals surface area contributed by atoms with Crippen molar-refractivity contribution < 1.29 is 4.79 Å². The molecule has 1 N–H and O–H groups in total. The standard InChI is InChI=1S/C16H13Cl2N3OS/c1-9-3-5-11(21(9)2)8-14-15(22)20-16(23-14)19-10-4-6-12(17)13(18)7-10/h3-8H,1-2H3,(H,19,20,22)/b14-8-. The molecule has 1 aromatic carbocycles. The first-order chi connectivity index (χ1) is 10.9. The zero-order valence-electron chi connectivity index (χ0n) is 12.4. The van der Waals surface area contributed by atoms with Gasteiger partial charge in [-0.05, 0) is 55.1 Å². The monoisotopic (exact) mass is 365 g/mol. The number of nitrogens with one attached hydrogen (secondary N) is 1. The van der Waals surface area contributed by atoms with Gasteiger partial charge in [-0.25, -0.2) is 4.99 Å². The van der Waals surface area contributed by atoms with Crippen LogP contribution in [0.25, 0.3) is 6.08 Å². The number of benzene rings is 1. The average Bonchev–Trinajstić information content (AvgIpc) is 3.00. The minimum Gasteiger partial charge on any atom is -0.348 e. The highest BCUT2D eigenvalue weighted by Crippen LogP contribution is 2.31. The van der Waals surface area contributed by atoms with Crippen LogP contribution in [0.5, 0.6) is 0 Å². The third-order valence-electron chi connectivity index (χ3n) is 3.48. The number of thioether (sulfide) groups is 1. The molecule has 1 saturated heterocycles. The molecule has 2 heterocycles. The Morgan fingerprint density at radius 2 is 2.00 bits per heavy atom. The number of halogens is 2. The summed E-state index contributed by atoms with van der Waals surface area (Å²) in [6, 6.07) is 9.06. The lowest BCUT2D eigenvalue weighted by molar-refractivity contribution is -0.115. The van der Waals surface area contributed by atoms with Crippen molar-refractivity contribution in [3.8, 4) is 0 Å². The fraction of sp³-hybridized carbons (Fsp3) is 0.125. The van der Waals surface area contributed by atoms with Gasteiger partial charge in [-0.3, -0.25) is 4.79 Å². The first-order valence-corrected chi connectivity index (χ1v) is 8.38. The van der Waals surface area contributed by atoms with Gasteiger partial charge >= 0.3 is 0 Å². The smallest absolute Gasteiger partial charge is 0.264 e. The molecular formula is C16H13Cl2N3OS. The van der Waals surface area contributed by atoms with Crippen LogP contribution in [-0.2, 0) is 11.8 Å². The van der Waals surface area contributed by atoms with E-state index in [1.807, 2.05) is 36.7 Å². The zero-order valence-corrected chi connectivity index (χ0v) is 14.8. The Bertz CT molecular complexity index is 855. The van der Waals surface area contributed by atoms with Gasteiger partial charge in [0, 0.05) is 18.4 Å². The summed E-state index contributed by atoms with van der Waals surface area (Å²) in [5, 5.41) is 4.17. The van der Waals surface area contributed by atoms with Crippen LogP contribution in [0.3, 0.4) is 0 Å². The van der Waals surface area contributed by atoms with Crippen LogP contribution in [0.4, 0.5) is 5.69 Å². The maximum atomic E-state index is 12.1. The van der Waals surface area contributed by atoms with Gasteiger partial charge < -0.3 is 9.88 Å². The van der Waals surface area contributed by atoms with Gasteiger partial charge in [-0.15, -0.1) is 0 Å². The predicted octanol–water partition coefficient (Wildman–Crippen LogP) is 4.53. The topological polar surface area (TPSA) is 46.4 Å². The summed E-state index contributed by atoms with van der Waals surface area (Å²) in [5.74, 6) is -0.160. The number of aryl methyl sites for hydroxylation is 1. The van der Waals surface area contributed by atoms with Crippen LogP contribution in [0, 0.1) is 6.92 Å². The van der Waals surface area contributed by atoms with Crippen molar-refractivity contribution in [1.82, 2.24) is 9.88 Å². The van der Waals surface area contributed by atoms with E-state index >= 15 is 0 Å². The van der Waals surface area contributed by atoms with Gasteiger partial charge in [0.2, 0.25) is 0 Å². The summed E-state index contributed by atoms with van der Waals surface area (Å²) in [6.45, 7) is 2.01. The highest BCUT2D eigenvalue weighted by Gasteiger charge is 2.24. The lowest BCUT2D eigenvalue weighted by Gasteiger charge is -2.00. The summed E-state index contributed by atoms with van der Waals surface area (Å²) in [5.41, 5.74) is 2.74. The van der Waals surface area contributed by atoms with Gasteiger partial charge in [0.25, 0.3) is 5.91 Å². The minimum absolute atomic E-state index is 0.160. The molecule has 4 nitrogen and oxygen atoms in total. The lowest BCUT2D eigenvalue weighted by atomic mass is 10.3. The van der Waals surface area contributed by atoms with Crippen molar-refractivity contribution >= 4 is 57.8 Å². The van der Waals surface area contributed by atoms with Crippen LogP contribution in [0.15, 0.2) is 40.2 Å².